The highest BCUT2D eigenvalue weighted by molar-refractivity contribution is 7.89. The first-order valence-electron chi connectivity index (χ1n) is 6.35. The van der Waals surface area contributed by atoms with Gasteiger partial charge in [-0.25, -0.2) is 13.1 Å². The van der Waals surface area contributed by atoms with Crippen LogP contribution in [0.15, 0.2) is 24.3 Å². The van der Waals surface area contributed by atoms with Crippen molar-refractivity contribution in [1.29, 1.82) is 0 Å². The Morgan fingerprint density at radius 3 is 2.29 bits per heavy atom. The van der Waals surface area contributed by atoms with Crippen LogP contribution in [0.1, 0.15) is 29.8 Å². The van der Waals surface area contributed by atoms with Crippen molar-refractivity contribution in [3.63, 3.8) is 0 Å². The maximum Gasteiger partial charge on any atom is 0.325 e. The summed E-state index contributed by atoms with van der Waals surface area (Å²) in [5.41, 5.74) is 1.01. The molecule has 0 spiro atoms. The number of hydrogen-bond donors (Lipinski definition) is 3. The van der Waals surface area contributed by atoms with Gasteiger partial charge in [-0.2, -0.15) is 0 Å². The summed E-state index contributed by atoms with van der Waals surface area (Å²) in [6.07, 6.45) is 0. The van der Waals surface area contributed by atoms with Crippen molar-refractivity contribution in [2.45, 2.75) is 26.4 Å². The molecule has 1 atom stereocenters. The second-order valence-corrected chi connectivity index (χ2v) is 6.55. The van der Waals surface area contributed by atoms with Gasteiger partial charge in [0.15, 0.2) is 0 Å². The highest BCUT2D eigenvalue weighted by atomic mass is 32.2. The minimum Gasteiger partial charge on any atom is -0.480 e. The van der Waals surface area contributed by atoms with E-state index in [2.05, 4.69) is 10.0 Å². The van der Waals surface area contributed by atoms with E-state index in [9.17, 15) is 18.0 Å². The summed E-state index contributed by atoms with van der Waals surface area (Å²) in [6.45, 7) is 3.05. The summed E-state index contributed by atoms with van der Waals surface area (Å²) in [4.78, 5) is 22.4. The minimum absolute atomic E-state index is 0.000562. The molecule has 0 fully saturated rings. The van der Waals surface area contributed by atoms with Gasteiger partial charge in [0.2, 0.25) is 10.0 Å². The van der Waals surface area contributed by atoms with E-state index in [1.165, 1.54) is 19.1 Å². The zero-order valence-corrected chi connectivity index (χ0v) is 12.6. The van der Waals surface area contributed by atoms with E-state index in [-0.39, 0.29) is 12.3 Å². The lowest BCUT2D eigenvalue weighted by Gasteiger charge is -2.10. The number of rotatable bonds is 7. The summed E-state index contributed by atoms with van der Waals surface area (Å²) in [5.74, 6) is -1.61. The fraction of sp³-hybridized carbons (Fsp3) is 0.385. The Hall–Kier alpha value is -1.93. The number of carboxylic acids is 1. The van der Waals surface area contributed by atoms with Crippen LogP contribution in [0.4, 0.5) is 0 Å². The molecule has 1 rings (SSSR count). The number of aliphatic carboxylic acids is 1. The third-order valence-corrected chi connectivity index (χ3v) is 4.15. The molecule has 0 aliphatic rings. The van der Waals surface area contributed by atoms with Crippen LogP contribution in [0.3, 0.4) is 0 Å². The molecular formula is C13H18N2O5S. The Morgan fingerprint density at radius 1 is 1.24 bits per heavy atom. The van der Waals surface area contributed by atoms with Crippen molar-refractivity contribution in [2.75, 3.05) is 5.75 Å². The number of nitrogens with one attached hydrogen (secondary N) is 2. The van der Waals surface area contributed by atoms with Crippen molar-refractivity contribution >= 4 is 21.9 Å². The van der Waals surface area contributed by atoms with Crippen LogP contribution < -0.4 is 10.0 Å². The molecule has 0 heterocycles. The molecule has 0 aromatic heterocycles. The maximum absolute atomic E-state index is 11.7. The number of carboxylic acid groups (broad SMARTS) is 1. The zero-order valence-electron chi connectivity index (χ0n) is 11.8. The molecule has 1 unspecified atom stereocenters. The van der Waals surface area contributed by atoms with E-state index >= 15 is 0 Å². The first kappa shape index (κ1) is 17.1. The molecule has 0 radical (unpaired) electrons. The SMILES string of the molecule is CCS(=O)(=O)NCc1ccc(C(=O)NC(C)C(=O)O)cc1. The van der Waals surface area contributed by atoms with Crippen molar-refractivity contribution in [2.24, 2.45) is 0 Å². The molecular weight excluding hydrogens is 296 g/mol. The maximum atomic E-state index is 11.7. The second kappa shape index (κ2) is 7.19. The molecule has 1 amide bonds. The molecule has 0 aliphatic heterocycles. The molecule has 116 valence electrons. The summed E-state index contributed by atoms with van der Waals surface area (Å²) in [6, 6.07) is 5.27. The highest BCUT2D eigenvalue weighted by Gasteiger charge is 2.15. The number of carbonyl (C=O) groups is 2. The normalized spacial score (nSPS) is 12.7. The van der Waals surface area contributed by atoms with Crippen molar-refractivity contribution in [3.05, 3.63) is 35.4 Å². The third kappa shape index (κ3) is 5.52. The summed E-state index contributed by atoms with van der Waals surface area (Å²) in [5, 5.41) is 11.0. The number of sulfonamides is 1. The Kier molecular flexibility index (Phi) is 5.86. The molecule has 0 bridgehead atoms. The molecule has 8 heteroatoms. The highest BCUT2D eigenvalue weighted by Crippen LogP contribution is 2.05. The van der Waals surface area contributed by atoms with Crippen LogP contribution in [0.25, 0.3) is 0 Å². The number of hydrogen-bond acceptors (Lipinski definition) is 4. The molecule has 7 nitrogen and oxygen atoms in total. The van der Waals surface area contributed by atoms with E-state index in [1.807, 2.05) is 0 Å². The molecule has 3 N–H and O–H groups in total. The van der Waals surface area contributed by atoms with Crippen molar-refractivity contribution in [3.8, 4) is 0 Å². The first-order valence-corrected chi connectivity index (χ1v) is 8.00. The van der Waals surface area contributed by atoms with Crippen LogP contribution in [-0.4, -0.2) is 37.2 Å². The smallest absolute Gasteiger partial charge is 0.325 e. The van der Waals surface area contributed by atoms with Gasteiger partial charge in [-0.05, 0) is 31.5 Å². The van der Waals surface area contributed by atoms with Crippen molar-refractivity contribution in [1.82, 2.24) is 10.0 Å². The van der Waals surface area contributed by atoms with E-state index in [4.69, 9.17) is 5.11 Å². The van der Waals surface area contributed by atoms with Gasteiger partial charge in [0, 0.05) is 12.1 Å². The first-order chi connectivity index (χ1) is 9.75. The van der Waals surface area contributed by atoms with Gasteiger partial charge in [-0.3, -0.25) is 9.59 Å². The van der Waals surface area contributed by atoms with Gasteiger partial charge in [0.1, 0.15) is 6.04 Å². The van der Waals surface area contributed by atoms with Gasteiger partial charge in [0.05, 0.1) is 5.75 Å². The lowest BCUT2D eigenvalue weighted by atomic mass is 10.1. The van der Waals surface area contributed by atoms with Crippen LogP contribution >= 0.6 is 0 Å². The van der Waals surface area contributed by atoms with Crippen LogP contribution in [0, 0.1) is 0 Å². The molecule has 21 heavy (non-hydrogen) atoms. The fourth-order valence-electron chi connectivity index (χ4n) is 1.41. The second-order valence-electron chi connectivity index (χ2n) is 4.45. The van der Waals surface area contributed by atoms with Gasteiger partial charge in [-0.15, -0.1) is 0 Å². The van der Waals surface area contributed by atoms with Gasteiger partial charge in [0.25, 0.3) is 5.91 Å². The van der Waals surface area contributed by atoms with E-state index in [1.54, 1.807) is 19.1 Å². The van der Waals surface area contributed by atoms with E-state index < -0.39 is 27.9 Å². The van der Waals surface area contributed by atoms with Gasteiger partial charge in [-0.1, -0.05) is 12.1 Å². The number of benzene rings is 1. The minimum atomic E-state index is -3.26. The van der Waals surface area contributed by atoms with E-state index in [0.717, 1.165) is 0 Å². The Labute approximate surface area is 123 Å². The standard InChI is InChI=1S/C13H18N2O5S/c1-3-21(19,20)14-8-10-4-6-11(7-5-10)12(16)15-9(2)13(17)18/h4-7,9,14H,3,8H2,1-2H3,(H,15,16)(H,17,18). The number of carbonyl (C=O) groups excluding carboxylic acids is 1. The monoisotopic (exact) mass is 314 g/mol. The van der Waals surface area contributed by atoms with Crippen LogP contribution in [0.5, 0.6) is 0 Å². The molecule has 0 aliphatic carbocycles. The van der Waals surface area contributed by atoms with Crippen LogP contribution in [0.2, 0.25) is 0 Å². The average Bonchev–Trinajstić information content (AvgIpc) is 2.45. The van der Waals surface area contributed by atoms with Gasteiger partial charge >= 0.3 is 5.97 Å². The van der Waals surface area contributed by atoms with Crippen LogP contribution in [-0.2, 0) is 21.4 Å². The Balaban J connectivity index is 2.66. The fourth-order valence-corrected chi connectivity index (χ4v) is 2.00. The number of amides is 1. The Morgan fingerprint density at radius 2 is 1.81 bits per heavy atom. The third-order valence-electron chi connectivity index (χ3n) is 2.81. The predicted octanol–water partition coefficient (Wildman–Crippen LogP) is 0.329. The topological polar surface area (TPSA) is 113 Å². The molecule has 1 aromatic carbocycles. The predicted molar refractivity (Wildman–Crippen MR) is 77.3 cm³/mol. The van der Waals surface area contributed by atoms with Crippen molar-refractivity contribution < 1.29 is 23.1 Å². The zero-order chi connectivity index (χ0) is 16.0. The average molecular weight is 314 g/mol. The largest absolute Gasteiger partial charge is 0.480 e. The molecule has 0 saturated carbocycles. The molecule has 1 aromatic rings. The van der Waals surface area contributed by atoms with Gasteiger partial charge < -0.3 is 10.4 Å². The lowest BCUT2D eigenvalue weighted by molar-refractivity contribution is -0.138. The summed E-state index contributed by atoms with van der Waals surface area (Å²) >= 11 is 0. The molecule has 0 saturated heterocycles. The summed E-state index contributed by atoms with van der Waals surface area (Å²) < 4.78 is 25.0. The summed E-state index contributed by atoms with van der Waals surface area (Å²) in [7, 11) is -3.26. The van der Waals surface area contributed by atoms with E-state index in [0.29, 0.717) is 11.1 Å². The Bertz CT molecular complexity index is 610. The lowest BCUT2D eigenvalue weighted by Crippen LogP contribution is -2.38. The quantitative estimate of drug-likeness (QED) is 0.671.